The molecule has 0 bridgehead atoms. The van der Waals surface area contributed by atoms with Crippen molar-refractivity contribution in [2.75, 3.05) is 32.8 Å². The van der Waals surface area contributed by atoms with E-state index < -0.39 is 0 Å². The topological polar surface area (TPSA) is 65.5 Å². The van der Waals surface area contributed by atoms with E-state index in [0.717, 1.165) is 62.8 Å². The summed E-state index contributed by atoms with van der Waals surface area (Å²) in [5, 5.41) is 0.712. The molecule has 3 aliphatic heterocycles. The summed E-state index contributed by atoms with van der Waals surface area (Å²) in [5.41, 5.74) is 6.85. The zero-order valence-corrected chi connectivity index (χ0v) is 20.0. The van der Waals surface area contributed by atoms with Gasteiger partial charge >= 0.3 is 0 Å². The molecule has 2 aromatic rings. The number of rotatable bonds is 5. The summed E-state index contributed by atoms with van der Waals surface area (Å²) in [6.45, 7) is 10.2. The second kappa shape index (κ2) is 8.64. The number of benzene rings is 1. The zero-order chi connectivity index (χ0) is 22.3. The molecule has 0 aliphatic carbocycles. The molecule has 1 spiro atoms. The highest BCUT2D eigenvalue weighted by Crippen LogP contribution is 2.55. The van der Waals surface area contributed by atoms with Crippen LogP contribution >= 0.6 is 11.6 Å². The molecular formula is C25H35ClN4O2. The lowest BCUT2D eigenvalue weighted by Crippen LogP contribution is -2.54. The number of halogens is 1. The van der Waals surface area contributed by atoms with E-state index in [1.807, 2.05) is 18.3 Å². The van der Waals surface area contributed by atoms with Crippen LogP contribution in [0.5, 0.6) is 5.75 Å². The highest BCUT2D eigenvalue weighted by Gasteiger charge is 2.52. The Hall–Kier alpha value is -1.60. The van der Waals surface area contributed by atoms with Crippen LogP contribution in [-0.2, 0) is 17.7 Å². The van der Waals surface area contributed by atoms with Crippen LogP contribution in [0.1, 0.15) is 50.6 Å². The summed E-state index contributed by atoms with van der Waals surface area (Å²) in [4.78, 5) is 7.03. The Bertz CT molecular complexity index is 951. The highest BCUT2D eigenvalue weighted by atomic mass is 35.5. The van der Waals surface area contributed by atoms with Crippen molar-refractivity contribution >= 4 is 11.6 Å². The van der Waals surface area contributed by atoms with Gasteiger partial charge in [0.05, 0.1) is 12.7 Å². The molecule has 0 saturated carbocycles. The number of ether oxygens (including phenoxy) is 2. The number of nitrogens with two attached hydrogens (primary N) is 1. The average molecular weight is 459 g/mol. The summed E-state index contributed by atoms with van der Waals surface area (Å²) in [5.74, 6) is 2.32. The Morgan fingerprint density at radius 2 is 2.03 bits per heavy atom. The Balaban J connectivity index is 1.22. The number of nitrogens with zero attached hydrogens (tertiary/aromatic N) is 3. The average Bonchev–Trinajstić information content (AvgIpc) is 3.21. The largest absolute Gasteiger partial charge is 0.487 e. The van der Waals surface area contributed by atoms with Crippen LogP contribution in [0.4, 0.5) is 0 Å². The van der Waals surface area contributed by atoms with Crippen molar-refractivity contribution < 1.29 is 9.47 Å². The Morgan fingerprint density at radius 3 is 2.81 bits per heavy atom. The Morgan fingerprint density at radius 1 is 1.22 bits per heavy atom. The smallest absolute Gasteiger partial charge is 0.127 e. The van der Waals surface area contributed by atoms with Crippen molar-refractivity contribution in [1.29, 1.82) is 0 Å². The van der Waals surface area contributed by atoms with Gasteiger partial charge in [-0.3, -0.25) is 0 Å². The van der Waals surface area contributed by atoms with Gasteiger partial charge in [-0.05, 0) is 70.3 Å². The third-order valence-electron chi connectivity index (χ3n) is 7.88. The van der Waals surface area contributed by atoms with Gasteiger partial charge in [-0.1, -0.05) is 17.7 Å². The van der Waals surface area contributed by atoms with E-state index in [2.05, 4.69) is 40.6 Å². The summed E-state index contributed by atoms with van der Waals surface area (Å²) in [6, 6.07) is 5.96. The fourth-order valence-electron chi connectivity index (χ4n) is 5.87. The lowest BCUT2D eigenvalue weighted by Gasteiger charge is -2.54. The van der Waals surface area contributed by atoms with Crippen molar-refractivity contribution in [2.24, 2.45) is 17.1 Å². The fourth-order valence-corrected chi connectivity index (χ4v) is 6.03. The van der Waals surface area contributed by atoms with E-state index in [-0.39, 0.29) is 17.1 Å². The maximum absolute atomic E-state index is 6.61. The van der Waals surface area contributed by atoms with Gasteiger partial charge in [0, 0.05) is 48.4 Å². The summed E-state index contributed by atoms with van der Waals surface area (Å²) >= 11 is 6.22. The molecule has 174 valence electrons. The lowest BCUT2D eigenvalue weighted by atomic mass is 9.64. The van der Waals surface area contributed by atoms with Crippen LogP contribution in [0, 0.1) is 11.3 Å². The van der Waals surface area contributed by atoms with Crippen LogP contribution in [-0.4, -0.2) is 52.8 Å². The van der Waals surface area contributed by atoms with E-state index >= 15 is 0 Å². The zero-order valence-electron chi connectivity index (χ0n) is 19.2. The van der Waals surface area contributed by atoms with Gasteiger partial charge in [0.1, 0.15) is 17.2 Å². The molecule has 6 nitrogen and oxygen atoms in total. The van der Waals surface area contributed by atoms with Crippen LogP contribution in [0.2, 0.25) is 5.02 Å². The van der Waals surface area contributed by atoms with E-state index in [4.69, 9.17) is 26.8 Å². The standard InChI is InChI=1S/C25H35ClN4O2/c1-24(2)20-16-25(17-31-23(20)19-4-3-18(26)15-21(19)32-24)6-10-29(11-7-25)13-14-30-12-9-28-22(30)5-8-27/h3-4,9,12,15,20,23H,5-8,10-11,13-14,16-17,27H2,1-2H3. The van der Waals surface area contributed by atoms with Gasteiger partial charge in [-0.2, -0.15) is 0 Å². The first kappa shape index (κ1) is 22.2. The molecule has 0 amide bonds. The minimum Gasteiger partial charge on any atom is -0.487 e. The number of hydrogen-bond donors (Lipinski definition) is 1. The molecule has 2 unspecified atom stereocenters. The van der Waals surface area contributed by atoms with Crippen LogP contribution in [0.15, 0.2) is 30.6 Å². The molecule has 32 heavy (non-hydrogen) atoms. The van der Waals surface area contributed by atoms with Crippen LogP contribution < -0.4 is 10.5 Å². The van der Waals surface area contributed by atoms with E-state index in [1.165, 1.54) is 12.8 Å². The molecule has 7 heteroatoms. The summed E-state index contributed by atoms with van der Waals surface area (Å²) in [7, 11) is 0. The number of fused-ring (bicyclic) bond motifs is 3. The molecule has 5 rings (SSSR count). The van der Waals surface area contributed by atoms with E-state index in [0.29, 0.717) is 17.5 Å². The van der Waals surface area contributed by atoms with Crippen molar-refractivity contribution in [3.8, 4) is 5.75 Å². The maximum Gasteiger partial charge on any atom is 0.127 e. The minimum absolute atomic E-state index is 0.0943. The molecule has 1 aromatic heterocycles. The highest BCUT2D eigenvalue weighted by molar-refractivity contribution is 6.30. The number of piperidine rings is 1. The first-order chi connectivity index (χ1) is 15.4. The second-order valence-electron chi connectivity index (χ2n) is 10.3. The van der Waals surface area contributed by atoms with Gasteiger partial charge in [0.2, 0.25) is 0 Å². The molecule has 2 atom stereocenters. The molecule has 0 radical (unpaired) electrons. The number of likely N-dealkylation sites (tertiary alicyclic amines) is 1. The lowest BCUT2D eigenvalue weighted by molar-refractivity contribution is -0.174. The Labute approximate surface area is 196 Å². The van der Waals surface area contributed by atoms with Crippen LogP contribution in [0.3, 0.4) is 0 Å². The molecule has 2 saturated heterocycles. The Kier molecular flexibility index (Phi) is 5.99. The second-order valence-corrected chi connectivity index (χ2v) is 10.8. The van der Waals surface area contributed by atoms with Gasteiger partial charge in [-0.25, -0.2) is 4.98 Å². The molecular weight excluding hydrogens is 424 g/mol. The summed E-state index contributed by atoms with van der Waals surface area (Å²) < 4.78 is 15.3. The predicted octanol–water partition coefficient (Wildman–Crippen LogP) is 4.07. The van der Waals surface area contributed by atoms with Gasteiger partial charge in [-0.15, -0.1) is 0 Å². The van der Waals surface area contributed by atoms with Crippen molar-refractivity contribution in [1.82, 2.24) is 14.5 Å². The van der Waals surface area contributed by atoms with E-state index in [9.17, 15) is 0 Å². The fraction of sp³-hybridized carbons (Fsp3) is 0.640. The first-order valence-electron chi connectivity index (χ1n) is 11.9. The summed E-state index contributed by atoms with van der Waals surface area (Å²) in [6.07, 6.45) is 8.40. The van der Waals surface area contributed by atoms with Gasteiger partial charge in [0.15, 0.2) is 0 Å². The quantitative estimate of drug-likeness (QED) is 0.731. The van der Waals surface area contributed by atoms with E-state index in [1.54, 1.807) is 0 Å². The van der Waals surface area contributed by atoms with Crippen molar-refractivity contribution in [2.45, 2.75) is 57.8 Å². The minimum atomic E-state index is -0.270. The first-order valence-corrected chi connectivity index (χ1v) is 12.3. The van der Waals surface area contributed by atoms with Gasteiger partial charge in [0.25, 0.3) is 0 Å². The normalized spacial score (nSPS) is 26.4. The van der Waals surface area contributed by atoms with Crippen molar-refractivity contribution in [3.63, 3.8) is 0 Å². The molecule has 3 aliphatic rings. The molecule has 1 aromatic carbocycles. The van der Waals surface area contributed by atoms with Gasteiger partial charge < -0.3 is 24.7 Å². The third kappa shape index (κ3) is 4.18. The monoisotopic (exact) mass is 458 g/mol. The molecule has 4 heterocycles. The van der Waals surface area contributed by atoms with Crippen molar-refractivity contribution in [3.05, 3.63) is 47.0 Å². The number of imidazole rings is 1. The molecule has 2 fully saturated rings. The van der Waals surface area contributed by atoms with Crippen LogP contribution in [0.25, 0.3) is 0 Å². The number of hydrogen-bond acceptors (Lipinski definition) is 5. The predicted molar refractivity (Wildman–Crippen MR) is 126 cm³/mol. The molecule has 2 N–H and O–H groups in total. The SMILES string of the molecule is CC1(C)Oc2cc(Cl)ccc2C2OCC3(CCN(CCn4ccnc4CCN)CC3)CC21. The third-order valence-corrected chi connectivity index (χ3v) is 8.11. The number of aromatic nitrogens is 2. The maximum atomic E-state index is 6.61.